The number of guanidine groups is 1. The number of hydrogen-bond acceptors (Lipinski definition) is 4. The Balaban J connectivity index is 0.00000300. The SMILES string of the molecule is CCNC(=NCc1c(O)ccc2c1CCCC2)NCCCOCc1ccco1.I. The molecule has 1 aromatic heterocycles. The number of benzene rings is 1. The highest BCUT2D eigenvalue weighted by Gasteiger charge is 2.16. The van der Waals surface area contributed by atoms with Gasteiger partial charge in [-0.3, -0.25) is 0 Å². The minimum atomic E-state index is 0. The van der Waals surface area contributed by atoms with Crippen LogP contribution in [-0.4, -0.2) is 30.8 Å². The number of phenolic OH excluding ortho intramolecular Hbond substituents is 1. The maximum atomic E-state index is 10.3. The number of aryl methyl sites for hydroxylation is 1. The Morgan fingerprint density at radius 2 is 2.07 bits per heavy atom. The van der Waals surface area contributed by atoms with Crippen molar-refractivity contribution in [3.8, 4) is 5.75 Å². The minimum absolute atomic E-state index is 0. The lowest BCUT2D eigenvalue weighted by Gasteiger charge is -2.20. The van der Waals surface area contributed by atoms with Crippen LogP contribution >= 0.6 is 24.0 Å². The van der Waals surface area contributed by atoms with Crippen molar-refractivity contribution >= 4 is 29.9 Å². The molecule has 29 heavy (non-hydrogen) atoms. The summed E-state index contributed by atoms with van der Waals surface area (Å²) in [6, 6.07) is 7.64. The molecule has 0 atom stereocenters. The van der Waals surface area contributed by atoms with Crippen molar-refractivity contribution in [2.75, 3.05) is 19.7 Å². The van der Waals surface area contributed by atoms with Crippen molar-refractivity contribution in [3.63, 3.8) is 0 Å². The summed E-state index contributed by atoms with van der Waals surface area (Å²) in [7, 11) is 0. The first-order valence-corrected chi connectivity index (χ1v) is 10.2. The standard InChI is InChI=1S/C22H31N3O3.HI/c1-2-23-22(24-12-6-13-27-16-18-8-5-14-28-18)25-15-20-19-9-4-3-7-17(19)10-11-21(20)26;/h5,8,10-11,14,26H,2-4,6-7,9,12-13,15-16H2,1H3,(H2,23,24,25);1H. The Morgan fingerprint density at radius 1 is 1.21 bits per heavy atom. The largest absolute Gasteiger partial charge is 0.508 e. The number of hydrogen-bond donors (Lipinski definition) is 3. The molecule has 0 fully saturated rings. The number of phenols is 1. The van der Waals surface area contributed by atoms with Crippen LogP contribution in [0.4, 0.5) is 0 Å². The van der Waals surface area contributed by atoms with Gasteiger partial charge >= 0.3 is 0 Å². The normalized spacial score (nSPS) is 13.5. The van der Waals surface area contributed by atoms with Gasteiger partial charge in [-0.25, -0.2) is 4.99 Å². The highest BCUT2D eigenvalue weighted by atomic mass is 127. The van der Waals surface area contributed by atoms with E-state index in [1.54, 1.807) is 6.26 Å². The van der Waals surface area contributed by atoms with Crippen LogP contribution in [0.3, 0.4) is 0 Å². The predicted molar refractivity (Wildman–Crippen MR) is 126 cm³/mol. The summed E-state index contributed by atoms with van der Waals surface area (Å²) in [4.78, 5) is 4.69. The molecule has 6 nitrogen and oxygen atoms in total. The lowest BCUT2D eigenvalue weighted by Crippen LogP contribution is -2.38. The van der Waals surface area contributed by atoms with Crippen molar-refractivity contribution in [1.82, 2.24) is 10.6 Å². The van der Waals surface area contributed by atoms with Crippen molar-refractivity contribution < 1.29 is 14.3 Å². The predicted octanol–water partition coefficient (Wildman–Crippen LogP) is 4.14. The lowest BCUT2D eigenvalue weighted by atomic mass is 9.88. The van der Waals surface area contributed by atoms with E-state index in [0.717, 1.165) is 49.6 Å². The summed E-state index contributed by atoms with van der Waals surface area (Å²) in [6.07, 6.45) is 7.07. The molecule has 0 saturated carbocycles. The van der Waals surface area contributed by atoms with Crippen molar-refractivity contribution in [2.24, 2.45) is 4.99 Å². The van der Waals surface area contributed by atoms with Gasteiger partial charge in [0.15, 0.2) is 5.96 Å². The first-order chi connectivity index (χ1) is 13.8. The number of nitrogens with zero attached hydrogens (tertiary/aromatic N) is 1. The molecular formula is C22H32IN3O3. The molecule has 0 unspecified atom stereocenters. The fraction of sp³-hybridized carbons (Fsp3) is 0.500. The first-order valence-electron chi connectivity index (χ1n) is 10.2. The Bertz CT molecular complexity index is 763. The van der Waals surface area contributed by atoms with Crippen molar-refractivity contribution in [2.45, 2.75) is 52.2 Å². The van der Waals surface area contributed by atoms with Gasteiger partial charge in [0.25, 0.3) is 0 Å². The van der Waals surface area contributed by atoms with Gasteiger partial charge in [0.05, 0.1) is 12.8 Å². The molecule has 1 heterocycles. The Morgan fingerprint density at radius 3 is 2.86 bits per heavy atom. The van der Waals surface area contributed by atoms with E-state index in [0.29, 0.717) is 25.5 Å². The van der Waals surface area contributed by atoms with Gasteiger partial charge in [-0.1, -0.05) is 6.07 Å². The van der Waals surface area contributed by atoms with Crippen LogP contribution in [0.15, 0.2) is 39.9 Å². The Labute approximate surface area is 190 Å². The second kappa shape index (κ2) is 12.7. The average molecular weight is 513 g/mol. The van der Waals surface area contributed by atoms with E-state index in [9.17, 15) is 5.11 Å². The van der Waals surface area contributed by atoms with Crippen LogP contribution < -0.4 is 10.6 Å². The third-order valence-electron chi connectivity index (χ3n) is 4.95. The van der Waals surface area contributed by atoms with Crippen molar-refractivity contribution in [3.05, 3.63) is 53.0 Å². The number of fused-ring (bicyclic) bond motifs is 1. The number of furan rings is 1. The minimum Gasteiger partial charge on any atom is -0.508 e. The number of rotatable bonds is 9. The number of aliphatic imine (C=N–C) groups is 1. The summed E-state index contributed by atoms with van der Waals surface area (Å²) in [5.41, 5.74) is 3.62. The number of halogens is 1. The van der Waals surface area contributed by atoms with Crippen LogP contribution in [0, 0.1) is 0 Å². The smallest absolute Gasteiger partial charge is 0.191 e. The number of ether oxygens (including phenoxy) is 1. The van der Waals surface area contributed by atoms with Gasteiger partial charge in [-0.05, 0) is 68.4 Å². The molecule has 0 spiro atoms. The molecule has 160 valence electrons. The van der Waals surface area contributed by atoms with Crippen LogP contribution in [0.5, 0.6) is 5.75 Å². The topological polar surface area (TPSA) is 79.0 Å². The summed E-state index contributed by atoms with van der Waals surface area (Å²) in [5.74, 6) is 1.96. The van der Waals surface area contributed by atoms with Gasteiger partial charge in [-0.15, -0.1) is 24.0 Å². The highest BCUT2D eigenvalue weighted by molar-refractivity contribution is 14.0. The van der Waals surface area contributed by atoms with Crippen LogP contribution in [0.1, 0.15) is 48.6 Å². The molecule has 7 heteroatoms. The molecule has 2 aromatic rings. The van der Waals surface area contributed by atoms with E-state index in [1.165, 1.54) is 24.0 Å². The van der Waals surface area contributed by atoms with E-state index in [2.05, 4.69) is 21.7 Å². The number of aromatic hydroxyl groups is 1. The van der Waals surface area contributed by atoms with E-state index in [4.69, 9.17) is 9.15 Å². The quantitative estimate of drug-likeness (QED) is 0.203. The zero-order valence-electron chi connectivity index (χ0n) is 17.1. The summed E-state index contributed by atoms with van der Waals surface area (Å²) in [6.45, 7) is 5.24. The van der Waals surface area contributed by atoms with E-state index >= 15 is 0 Å². The fourth-order valence-corrected chi connectivity index (χ4v) is 3.52. The monoisotopic (exact) mass is 513 g/mol. The van der Waals surface area contributed by atoms with E-state index in [1.807, 2.05) is 25.1 Å². The molecule has 0 bridgehead atoms. The third kappa shape index (κ3) is 7.22. The number of nitrogens with one attached hydrogen (secondary N) is 2. The molecular weight excluding hydrogens is 481 g/mol. The highest BCUT2D eigenvalue weighted by Crippen LogP contribution is 2.30. The van der Waals surface area contributed by atoms with E-state index in [-0.39, 0.29) is 24.0 Å². The zero-order valence-corrected chi connectivity index (χ0v) is 19.4. The third-order valence-corrected chi connectivity index (χ3v) is 4.95. The van der Waals surface area contributed by atoms with Crippen LogP contribution in [0.25, 0.3) is 0 Å². The molecule has 1 aliphatic carbocycles. The second-order valence-electron chi connectivity index (χ2n) is 7.02. The summed E-state index contributed by atoms with van der Waals surface area (Å²) in [5, 5.41) is 16.9. The van der Waals surface area contributed by atoms with Crippen LogP contribution in [-0.2, 0) is 30.7 Å². The Kier molecular flexibility index (Phi) is 10.3. The van der Waals surface area contributed by atoms with E-state index < -0.39 is 0 Å². The van der Waals surface area contributed by atoms with Gasteiger partial charge in [0.2, 0.25) is 0 Å². The van der Waals surface area contributed by atoms with Gasteiger partial charge in [-0.2, -0.15) is 0 Å². The molecule has 0 amide bonds. The van der Waals surface area contributed by atoms with Gasteiger partial charge < -0.3 is 24.9 Å². The summed E-state index contributed by atoms with van der Waals surface area (Å²) >= 11 is 0. The van der Waals surface area contributed by atoms with Crippen LogP contribution in [0.2, 0.25) is 0 Å². The second-order valence-corrected chi connectivity index (χ2v) is 7.02. The average Bonchev–Trinajstić information content (AvgIpc) is 3.23. The molecule has 0 radical (unpaired) electrons. The maximum absolute atomic E-state index is 10.3. The molecule has 3 rings (SSSR count). The fourth-order valence-electron chi connectivity index (χ4n) is 3.52. The molecule has 1 aromatic carbocycles. The first kappa shape index (κ1) is 23.5. The van der Waals surface area contributed by atoms with Gasteiger partial charge in [0.1, 0.15) is 18.1 Å². The van der Waals surface area contributed by atoms with Crippen molar-refractivity contribution in [1.29, 1.82) is 0 Å². The zero-order chi connectivity index (χ0) is 19.6. The molecule has 0 aliphatic heterocycles. The maximum Gasteiger partial charge on any atom is 0.191 e. The molecule has 0 saturated heterocycles. The van der Waals surface area contributed by atoms with Gasteiger partial charge in [0, 0.05) is 25.3 Å². The molecule has 1 aliphatic rings. The Hall–Kier alpha value is -1.74. The summed E-state index contributed by atoms with van der Waals surface area (Å²) < 4.78 is 10.8. The lowest BCUT2D eigenvalue weighted by molar-refractivity contribution is 0.105. The molecule has 3 N–H and O–H groups in total.